The minimum absolute atomic E-state index is 0.553. The predicted molar refractivity (Wildman–Crippen MR) is 84.2 cm³/mol. The quantitative estimate of drug-likeness (QED) is 0.743. The number of rotatable bonds is 3. The second kappa shape index (κ2) is 6.15. The van der Waals surface area contributed by atoms with Gasteiger partial charge < -0.3 is 5.32 Å². The van der Waals surface area contributed by atoms with Gasteiger partial charge in [-0.3, -0.25) is 0 Å². The third-order valence-corrected chi connectivity index (χ3v) is 6.26. The summed E-state index contributed by atoms with van der Waals surface area (Å²) in [4.78, 5) is 1.51. The lowest BCUT2D eigenvalue weighted by Gasteiger charge is -2.27. The molecule has 0 aliphatic heterocycles. The highest BCUT2D eigenvalue weighted by Gasteiger charge is 2.28. The summed E-state index contributed by atoms with van der Waals surface area (Å²) in [6, 6.07) is 3.39. The molecule has 1 unspecified atom stereocenters. The summed E-state index contributed by atoms with van der Waals surface area (Å²) in [5.74, 6) is 0.876. The molecule has 0 aromatic carbocycles. The van der Waals surface area contributed by atoms with E-state index in [-0.39, 0.29) is 0 Å². The lowest BCUT2D eigenvalue weighted by Crippen LogP contribution is -2.35. The number of fused-ring (bicyclic) bond motifs is 1. The van der Waals surface area contributed by atoms with Gasteiger partial charge in [0.15, 0.2) is 0 Å². The van der Waals surface area contributed by atoms with Crippen LogP contribution in [-0.4, -0.2) is 6.04 Å². The Bertz CT molecular complexity index is 420. The summed E-state index contributed by atoms with van der Waals surface area (Å²) in [6.45, 7) is 2.39. The van der Waals surface area contributed by atoms with Crippen LogP contribution < -0.4 is 5.32 Å². The summed E-state index contributed by atoms with van der Waals surface area (Å²) >= 11 is 7.91. The Labute approximate surface area is 125 Å². The van der Waals surface area contributed by atoms with E-state index in [2.05, 4.69) is 18.3 Å². The van der Waals surface area contributed by atoms with Crippen LogP contribution in [0.15, 0.2) is 6.07 Å². The maximum atomic E-state index is 6.14. The topological polar surface area (TPSA) is 12.0 Å². The molecule has 1 aromatic rings. The highest BCUT2D eigenvalue weighted by Crippen LogP contribution is 2.40. The largest absolute Gasteiger partial charge is 0.307 e. The average molecular weight is 298 g/mol. The lowest BCUT2D eigenvalue weighted by molar-refractivity contribution is 0.309. The maximum Gasteiger partial charge on any atom is 0.0934 e. The van der Waals surface area contributed by atoms with Crippen LogP contribution in [0.5, 0.6) is 0 Å². The van der Waals surface area contributed by atoms with E-state index in [0.717, 1.165) is 10.3 Å². The number of hydrogen-bond donors (Lipinski definition) is 1. The van der Waals surface area contributed by atoms with Crippen LogP contribution in [0.25, 0.3) is 0 Å². The van der Waals surface area contributed by atoms with Crippen LogP contribution in [-0.2, 0) is 6.42 Å². The first-order chi connectivity index (χ1) is 9.24. The Morgan fingerprint density at radius 1 is 1.21 bits per heavy atom. The van der Waals surface area contributed by atoms with Gasteiger partial charge in [0.2, 0.25) is 0 Å². The minimum atomic E-state index is 0.553. The van der Waals surface area contributed by atoms with Crippen LogP contribution in [0.1, 0.15) is 68.4 Å². The van der Waals surface area contributed by atoms with Gasteiger partial charge in [-0.1, -0.05) is 37.3 Å². The Hall–Kier alpha value is -0.0500. The first-order valence-corrected chi connectivity index (χ1v) is 8.97. The third kappa shape index (κ3) is 3.17. The van der Waals surface area contributed by atoms with Crippen molar-refractivity contribution in [1.82, 2.24) is 5.32 Å². The normalized spacial score (nSPS) is 26.1. The molecule has 0 amide bonds. The Kier molecular flexibility index (Phi) is 4.51. The van der Waals surface area contributed by atoms with Gasteiger partial charge in [-0.15, -0.1) is 11.3 Å². The van der Waals surface area contributed by atoms with Gasteiger partial charge in [-0.05, 0) is 50.2 Å². The molecule has 0 bridgehead atoms. The van der Waals surface area contributed by atoms with E-state index < -0.39 is 0 Å². The van der Waals surface area contributed by atoms with Crippen molar-refractivity contribution in [2.45, 2.75) is 70.4 Å². The van der Waals surface area contributed by atoms with Crippen LogP contribution >= 0.6 is 22.9 Å². The number of thiophene rings is 1. The van der Waals surface area contributed by atoms with E-state index in [4.69, 9.17) is 11.6 Å². The summed E-state index contributed by atoms with van der Waals surface area (Å²) in [6.07, 6.45) is 11.0. The molecule has 2 aliphatic carbocycles. The van der Waals surface area contributed by atoms with Gasteiger partial charge in [0, 0.05) is 17.0 Å². The Balaban J connectivity index is 1.61. The van der Waals surface area contributed by atoms with Crippen LogP contribution in [0.4, 0.5) is 0 Å². The summed E-state index contributed by atoms with van der Waals surface area (Å²) in [5, 5.41) is 3.89. The Morgan fingerprint density at radius 3 is 2.68 bits per heavy atom. The number of halogens is 1. The molecule has 1 saturated carbocycles. The fourth-order valence-corrected chi connectivity index (χ4v) is 5.12. The molecule has 1 aromatic heterocycles. The Morgan fingerprint density at radius 2 is 1.95 bits per heavy atom. The van der Waals surface area contributed by atoms with Gasteiger partial charge in [0.1, 0.15) is 0 Å². The first kappa shape index (κ1) is 13.9. The molecule has 0 spiro atoms. The molecule has 2 aliphatic rings. The monoisotopic (exact) mass is 297 g/mol. The van der Waals surface area contributed by atoms with Crippen molar-refractivity contribution < 1.29 is 0 Å². The molecule has 19 heavy (non-hydrogen) atoms. The standard InChI is InChI=1S/C16H24ClNS/c1-11(12-6-4-2-3-5-7-12)18-14-8-9-15-13(14)10-16(17)19-15/h10-12,14,18H,2-9H2,1H3/t11-,14?/m0/s1. The molecule has 106 valence electrons. The van der Waals surface area contributed by atoms with Crippen molar-refractivity contribution >= 4 is 22.9 Å². The van der Waals surface area contributed by atoms with Crippen molar-refractivity contribution in [2.75, 3.05) is 0 Å². The molecule has 1 heterocycles. The zero-order valence-corrected chi connectivity index (χ0v) is 13.3. The van der Waals surface area contributed by atoms with Gasteiger partial charge in [0.05, 0.1) is 4.34 Å². The van der Waals surface area contributed by atoms with E-state index in [1.807, 2.05) is 0 Å². The molecule has 0 saturated heterocycles. The van der Waals surface area contributed by atoms with E-state index in [1.165, 1.54) is 61.8 Å². The smallest absolute Gasteiger partial charge is 0.0934 e. The van der Waals surface area contributed by atoms with Crippen molar-refractivity contribution in [2.24, 2.45) is 5.92 Å². The van der Waals surface area contributed by atoms with Crippen molar-refractivity contribution in [3.63, 3.8) is 0 Å². The van der Waals surface area contributed by atoms with E-state index >= 15 is 0 Å². The van der Waals surface area contributed by atoms with Crippen molar-refractivity contribution in [3.8, 4) is 0 Å². The third-order valence-electron chi connectivity index (χ3n) is 4.92. The number of hydrogen-bond acceptors (Lipinski definition) is 2. The van der Waals surface area contributed by atoms with Crippen LogP contribution in [0, 0.1) is 5.92 Å². The predicted octanol–water partition coefficient (Wildman–Crippen LogP) is 5.34. The SMILES string of the molecule is C[C@H](NC1CCc2sc(Cl)cc21)C1CCCCCC1. The lowest BCUT2D eigenvalue weighted by atomic mass is 9.92. The zero-order valence-electron chi connectivity index (χ0n) is 11.8. The molecule has 2 atom stereocenters. The molecule has 1 N–H and O–H groups in total. The average Bonchev–Trinajstić information content (AvgIpc) is 2.79. The van der Waals surface area contributed by atoms with E-state index in [9.17, 15) is 0 Å². The van der Waals surface area contributed by atoms with Crippen LogP contribution in [0.2, 0.25) is 4.34 Å². The van der Waals surface area contributed by atoms with Gasteiger partial charge in [-0.2, -0.15) is 0 Å². The fourth-order valence-electron chi connectivity index (χ4n) is 3.77. The first-order valence-electron chi connectivity index (χ1n) is 7.78. The highest BCUT2D eigenvalue weighted by atomic mass is 35.5. The van der Waals surface area contributed by atoms with Gasteiger partial charge in [0.25, 0.3) is 0 Å². The number of aryl methyl sites for hydroxylation is 1. The molecule has 1 nitrogen and oxygen atoms in total. The van der Waals surface area contributed by atoms with Crippen molar-refractivity contribution in [1.29, 1.82) is 0 Å². The fraction of sp³-hybridized carbons (Fsp3) is 0.750. The van der Waals surface area contributed by atoms with E-state index in [0.29, 0.717) is 12.1 Å². The highest BCUT2D eigenvalue weighted by molar-refractivity contribution is 7.16. The molecule has 3 rings (SSSR count). The second-order valence-electron chi connectivity index (χ2n) is 6.23. The molecule has 3 heteroatoms. The zero-order chi connectivity index (χ0) is 13.2. The molecular formula is C16H24ClNS. The van der Waals surface area contributed by atoms with E-state index in [1.54, 1.807) is 11.3 Å². The molecular weight excluding hydrogens is 274 g/mol. The maximum absolute atomic E-state index is 6.14. The van der Waals surface area contributed by atoms with Gasteiger partial charge in [-0.25, -0.2) is 0 Å². The van der Waals surface area contributed by atoms with Crippen LogP contribution in [0.3, 0.4) is 0 Å². The van der Waals surface area contributed by atoms with Gasteiger partial charge >= 0.3 is 0 Å². The molecule has 0 radical (unpaired) electrons. The number of nitrogens with one attached hydrogen (secondary N) is 1. The summed E-state index contributed by atoms with van der Waals surface area (Å²) in [5.41, 5.74) is 1.48. The second-order valence-corrected chi connectivity index (χ2v) is 8.00. The summed E-state index contributed by atoms with van der Waals surface area (Å²) in [7, 11) is 0. The molecule has 1 fully saturated rings. The van der Waals surface area contributed by atoms with Crippen molar-refractivity contribution in [3.05, 3.63) is 20.8 Å². The minimum Gasteiger partial charge on any atom is -0.307 e. The summed E-state index contributed by atoms with van der Waals surface area (Å²) < 4.78 is 0.957.